The number of pyridine rings is 1. The number of nitrogens with zero attached hydrogens (tertiary/aromatic N) is 3. The summed E-state index contributed by atoms with van der Waals surface area (Å²) in [5, 5.41) is 13.6. The molecule has 1 aromatic carbocycles. The van der Waals surface area contributed by atoms with Crippen molar-refractivity contribution in [2.24, 2.45) is 5.16 Å². The lowest BCUT2D eigenvalue weighted by Gasteiger charge is -2.07. The van der Waals surface area contributed by atoms with Gasteiger partial charge in [0, 0.05) is 30.4 Å². The van der Waals surface area contributed by atoms with Crippen LogP contribution in [0.25, 0.3) is 11.3 Å². The zero-order valence-electron chi connectivity index (χ0n) is 13.2. The van der Waals surface area contributed by atoms with Gasteiger partial charge in [0.1, 0.15) is 5.71 Å². The lowest BCUT2D eigenvalue weighted by Crippen LogP contribution is -2.22. The van der Waals surface area contributed by atoms with Crippen molar-refractivity contribution in [1.29, 1.82) is 0 Å². The van der Waals surface area contributed by atoms with E-state index in [2.05, 4.69) is 25.7 Å². The molecule has 1 aliphatic rings. The highest BCUT2D eigenvalue weighted by Crippen LogP contribution is 2.27. The van der Waals surface area contributed by atoms with E-state index in [4.69, 9.17) is 4.84 Å². The number of hydrogen-bond donors (Lipinski definition) is 2. The molecule has 3 aromatic rings. The maximum atomic E-state index is 12.4. The van der Waals surface area contributed by atoms with Crippen molar-refractivity contribution in [3.63, 3.8) is 0 Å². The molecule has 7 nitrogen and oxygen atoms in total. The summed E-state index contributed by atoms with van der Waals surface area (Å²) in [6.07, 6.45) is 3.59. The predicted octanol–water partition coefficient (Wildman–Crippen LogP) is 2.93. The molecule has 1 amide bonds. The highest BCUT2D eigenvalue weighted by atomic mass is 16.6. The molecule has 0 unspecified atom stereocenters. The standard InChI is InChI=1S/C18H15N5O2/c24-18(15-10-16(25-23-15)13-4-2-1-3-5-13)20-17-11-14(21-22-17)12-6-8-19-9-7-12/h1-9,11,16H,10H2,(H2,20,21,22,24)/t16-/m1/s1. The predicted molar refractivity (Wildman–Crippen MR) is 92.8 cm³/mol. The van der Waals surface area contributed by atoms with Gasteiger partial charge in [-0.15, -0.1) is 0 Å². The van der Waals surface area contributed by atoms with Crippen LogP contribution in [0.5, 0.6) is 0 Å². The monoisotopic (exact) mass is 333 g/mol. The summed E-state index contributed by atoms with van der Waals surface area (Å²) in [4.78, 5) is 21.7. The lowest BCUT2D eigenvalue weighted by atomic mass is 10.0. The summed E-state index contributed by atoms with van der Waals surface area (Å²) in [7, 11) is 0. The highest BCUT2D eigenvalue weighted by Gasteiger charge is 2.27. The third-order valence-electron chi connectivity index (χ3n) is 3.91. The van der Waals surface area contributed by atoms with Crippen molar-refractivity contribution in [3.05, 3.63) is 66.5 Å². The van der Waals surface area contributed by atoms with Gasteiger partial charge in [-0.1, -0.05) is 35.5 Å². The number of aromatic nitrogens is 3. The molecule has 4 rings (SSSR count). The number of amides is 1. The van der Waals surface area contributed by atoms with E-state index < -0.39 is 0 Å². The SMILES string of the molecule is O=C(Nc1cc(-c2ccncc2)[nH]n1)C1=NO[C@@H](c2ccccc2)C1. The number of aromatic amines is 1. The Balaban J connectivity index is 1.41. The van der Waals surface area contributed by atoms with Gasteiger partial charge in [-0.05, 0) is 17.7 Å². The smallest absolute Gasteiger partial charge is 0.274 e. The molecule has 3 heterocycles. The Morgan fingerprint density at radius 1 is 1.16 bits per heavy atom. The Bertz CT molecular complexity index is 905. The Kier molecular flexibility index (Phi) is 3.96. The summed E-state index contributed by atoms with van der Waals surface area (Å²) in [5.74, 6) is 0.119. The summed E-state index contributed by atoms with van der Waals surface area (Å²) >= 11 is 0. The van der Waals surface area contributed by atoms with Gasteiger partial charge in [-0.3, -0.25) is 14.9 Å². The third kappa shape index (κ3) is 3.25. The zero-order chi connectivity index (χ0) is 17.1. The number of anilines is 1. The van der Waals surface area contributed by atoms with E-state index in [0.717, 1.165) is 16.8 Å². The number of hydrogen-bond acceptors (Lipinski definition) is 5. The topological polar surface area (TPSA) is 92.3 Å². The van der Waals surface area contributed by atoms with E-state index in [1.165, 1.54) is 0 Å². The van der Waals surface area contributed by atoms with Crippen LogP contribution in [0.4, 0.5) is 5.82 Å². The van der Waals surface area contributed by atoms with E-state index in [-0.39, 0.29) is 12.0 Å². The van der Waals surface area contributed by atoms with E-state index in [1.54, 1.807) is 18.5 Å². The van der Waals surface area contributed by atoms with Gasteiger partial charge >= 0.3 is 0 Å². The number of carbonyl (C=O) groups is 1. The van der Waals surface area contributed by atoms with Crippen molar-refractivity contribution in [3.8, 4) is 11.3 Å². The number of rotatable bonds is 4. The maximum absolute atomic E-state index is 12.4. The highest BCUT2D eigenvalue weighted by molar-refractivity contribution is 6.43. The van der Waals surface area contributed by atoms with Crippen LogP contribution in [-0.2, 0) is 9.63 Å². The summed E-state index contributed by atoms with van der Waals surface area (Å²) in [6, 6.07) is 15.2. The molecule has 2 N–H and O–H groups in total. The lowest BCUT2D eigenvalue weighted by molar-refractivity contribution is -0.110. The van der Waals surface area contributed by atoms with Gasteiger partial charge in [-0.2, -0.15) is 5.10 Å². The molecule has 2 aromatic heterocycles. The molecular weight excluding hydrogens is 318 g/mol. The summed E-state index contributed by atoms with van der Waals surface area (Å²) in [6.45, 7) is 0. The van der Waals surface area contributed by atoms with Crippen LogP contribution in [0, 0.1) is 0 Å². The van der Waals surface area contributed by atoms with E-state index in [9.17, 15) is 4.79 Å². The number of H-pyrrole nitrogens is 1. The molecule has 0 radical (unpaired) electrons. The number of nitrogens with one attached hydrogen (secondary N) is 2. The average Bonchev–Trinajstić information content (AvgIpc) is 3.33. The van der Waals surface area contributed by atoms with Crippen molar-refractivity contribution in [1.82, 2.24) is 15.2 Å². The van der Waals surface area contributed by atoms with E-state index in [1.807, 2.05) is 42.5 Å². The number of oxime groups is 1. The molecule has 0 bridgehead atoms. The average molecular weight is 333 g/mol. The van der Waals surface area contributed by atoms with Crippen LogP contribution >= 0.6 is 0 Å². The molecule has 0 aliphatic carbocycles. The maximum Gasteiger partial charge on any atom is 0.274 e. The van der Waals surface area contributed by atoms with Crippen molar-refractivity contribution >= 4 is 17.4 Å². The first-order valence-electron chi connectivity index (χ1n) is 7.84. The first-order chi connectivity index (χ1) is 12.3. The molecule has 7 heteroatoms. The Labute approximate surface area is 143 Å². The second-order valence-electron chi connectivity index (χ2n) is 5.60. The molecule has 25 heavy (non-hydrogen) atoms. The zero-order valence-corrected chi connectivity index (χ0v) is 13.2. The molecule has 1 atom stereocenters. The molecule has 0 saturated heterocycles. The largest absolute Gasteiger partial charge is 0.387 e. The minimum absolute atomic E-state index is 0.228. The van der Waals surface area contributed by atoms with Crippen molar-refractivity contribution < 1.29 is 9.63 Å². The van der Waals surface area contributed by atoms with Gasteiger partial charge < -0.3 is 10.2 Å². The van der Waals surface area contributed by atoms with E-state index >= 15 is 0 Å². The van der Waals surface area contributed by atoms with Crippen LogP contribution in [0.2, 0.25) is 0 Å². The van der Waals surface area contributed by atoms with Crippen LogP contribution in [0.3, 0.4) is 0 Å². The Hall–Kier alpha value is -3.48. The number of benzene rings is 1. The Morgan fingerprint density at radius 3 is 2.76 bits per heavy atom. The van der Waals surface area contributed by atoms with Crippen LogP contribution in [0.15, 0.2) is 66.1 Å². The number of carbonyl (C=O) groups excluding carboxylic acids is 1. The molecular formula is C18H15N5O2. The molecule has 0 saturated carbocycles. The normalized spacial score (nSPS) is 16.2. The van der Waals surface area contributed by atoms with Gasteiger partial charge in [0.25, 0.3) is 5.91 Å². The first kappa shape index (κ1) is 15.1. The van der Waals surface area contributed by atoms with Crippen molar-refractivity contribution in [2.45, 2.75) is 12.5 Å². The molecule has 1 aliphatic heterocycles. The summed E-state index contributed by atoms with van der Waals surface area (Å²) in [5.41, 5.74) is 3.08. The van der Waals surface area contributed by atoms with E-state index in [0.29, 0.717) is 18.0 Å². The van der Waals surface area contributed by atoms with Crippen LogP contribution in [0.1, 0.15) is 18.1 Å². The molecule has 0 spiro atoms. The fraction of sp³-hybridized carbons (Fsp3) is 0.111. The quantitative estimate of drug-likeness (QED) is 0.768. The minimum atomic E-state index is -0.314. The molecule has 0 fully saturated rings. The van der Waals surface area contributed by atoms with Gasteiger partial charge in [0.15, 0.2) is 11.9 Å². The van der Waals surface area contributed by atoms with Gasteiger partial charge in [-0.25, -0.2) is 0 Å². The second-order valence-corrected chi connectivity index (χ2v) is 5.60. The van der Waals surface area contributed by atoms with Crippen molar-refractivity contribution in [2.75, 3.05) is 5.32 Å². The minimum Gasteiger partial charge on any atom is -0.387 e. The third-order valence-corrected chi connectivity index (χ3v) is 3.91. The van der Waals surface area contributed by atoms with Gasteiger partial charge in [0.2, 0.25) is 0 Å². The van der Waals surface area contributed by atoms with Crippen LogP contribution < -0.4 is 5.32 Å². The fourth-order valence-corrected chi connectivity index (χ4v) is 2.61. The Morgan fingerprint density at radius 2 is 1.96 bits per heavy atom. The van der Waals surface area contributed by atoms with Crippen LogP contribution in [-0.4, -0.2) is 26.8 Å². The van der Waals surface area contributed by atoms with Gasteiger partial charge in [0.05, 0.1) is 5.69 Å². The first-order valence-corrected chi connectivity index (χ1v) is 7.84. The second kappa shape index (κ2) is 6.56. The molecule has 124 valence electrons. The summed E-state index contributed by atoms with van der Waals surface area (Å²) < 4.78 is 0. The fourth-order valence-electron chi connectivity index (χ4n) is 2.61.